The summed E-state index contributed by atoms with van der Waals surface area (Å²) in [6.45, 7) is 16.9. The van der Waals surface area contributed by atoms with Crippen molar-refractivity contribution in [1.29, 1.82) is 0 Å². The highest BCUT2D eigenvalue weighted by Gasteiger charge is 2.64. The smallest absolute Gasteiger partial charge is 0.0594 e. The fourth-order valence-corrected chi connectivity index (χ4v) is 9.61. The Balaban J connectivity index is 1.69. The second-order valence-corrected chi connectivity index (χ2v) is 13.5. The van der Waals surface area contributed by atoms with Crippen LogP contribution >= 0.6 is 0 Å². The number of allylic oxidation sites excluding steroid dienone is 3. The van der Waals surface area contributed by atoms with Crippen molar-refractivity contribution in [3.05, 3.63) is 22.8 Å². The van der Waals surface area contributed by atoms with Gasteiger partial charge in [-0.15, -0.1) is 0 Å². The van der Waals surface area contributed by atoms with Crippen LogP contribution in [0.25, 0.3) is 0 Å². The van der Waals surface area contributed by atoms with Crippen LogP contribution < -0.4 is 0 Å². The summed E-state index contributed by atoms with van der Waals surface area (Å²) in [5, 5.41) is 21.9. The van der Waals surface area contributed by atoms with Crippen molar-refractivity contribution >= 4 is 0 Å². The van der Waals surface area contributed by atoms with Gasteiger partial charge in [0.15, 0.2) is 0 Å². The van der Waals surface area contributed by atoms with E-state index in [0.29, 0.717) is 24.4 Å². The molecular weight excluding hydrogens is 392 g/mol. The Morgan fingerprint density at radius 1 is 1.00 bits per heavy atom. The SMILES string of the molecule is CC(C)=CCCC(C)C1CCC2(CO)C3=C(CCC12C)C1(C)CCC(O)C(C)(C)C1CC3. The third kappa shape index (κ3) is 3.33. The van der Waals surface area contributed by atoms with E-state index in [4.69, 9.17) is 0 Å². The van der Waals surface area contributed by atoms with Crippen molar-refractivity contribution in [2.75, 3.05) is 6.61 Å². The largest absolute Gasteiger partial charge is 0.395 e. The van der Waals surface area contributed by atoms with Crippen molar-refractivity contribution < 1.29 is 10.2 Å². The van der Waals surface area contributed by atoms with E-state index in [0.717, 1.165) is 19.3 Å². The summed E-state index contributed by atoms with van der Waals surface area (Å²) in [6, 6.07) is 0. The Labute approximate surface area is 198 Å². The predicted octanol–water partition coefficient (Wildman–Crippen LogP) is 7.45. The molecule has 4 aliphatic carbocycles. The number of fused-ring (bicyclic) bond motifs is 4. The molecule has 0 aliphatic heterocycles. The first-order valence-corrected chi connectivity index (χ1v) is 13.6. The van der Waals surface area contributed by atoms with Crippen molar-refractivity contribution in [1.82, 2.24) is 0 Å². The quantitative estimate of drug-likeness (QED) is 0.434. The van der Waals surface area contributed by atoms with Gasteiger partial charge in [0.05, 0.1) is 12.7 Å². The lowest BCUT2D eigenvalue weighted by molar-refractivity contribution is -0.0997. The molecule has 2 heteroatoms. The summed E-state index contributed by atoms with van der Waals surface area (Å²) in [5.74, 6) is 1.98. The minimum Gasteiger partial charge on any atom is -0.395 e. The monoisotopic (exact) mass is 442 g/mol. The molecule has 0 aromatic carbocycles. The fraction of sp³-hybridized carbons (Fsp3) is 0.867. The molecule has 182 valence electrons. The first kappa shape index (κ1) is 24.5. The summed E-state index contributed by atoms with van der Waals surface area (Å²) in [7, 11) is 0. The van der Waals surface area contributed by atoms with Crippen LogP contribution in [0.3, 0.4) is 0 Å². The molecule has 7 unspecified atom stereocenters. The zero-order valence-corrected chi connectivity index (χ0v) is 22.1. The Morgan fingerprint density at radius 2 is 1.72 bits per heavy atom. The molecule has 0 spiro atoms. The van der Waals surface area contributed by atoms with Crippen LogP contribution in [-0.2, 0) is 0 Å². The number of aliphatic hydroxyl groups is 2. The Kier molecular flexibility index (Phi) is 6.33. The highest BCUT2D eigenvalue weighted by Crippen LogP contribution is 2.72. The second kappa shape index (κ2) is 8.26. The van der Waals surface area contributed by atoms with Gasteiger partial charge in [-0.05, 0) is 112 Å². The standard InChI is InChI=1S/C30H50O2/c1-20(2)9-8-10-21(3)22-14-18-30(19-31)24-11-12-25-27(4,5)26(32)15-16-28(25,6)23(24)13-17-29(22,30)7/h9,21-22,25-26,31-32H,8,10-19H2,1-7H3. The third-order valence-corrected chi connectivity index (χ3v) is 11.6. The Hall–Kier alpha value is -0.600. The van der Waals surface area contributed by atoms with Crippen LogP contribution in [-0.4, -0.2) is 22.9 Å². The van der Waals surface area contributed by atoms with Crippen molar-refractivity contribution in [3.63, 3.8) is 0 Å². The van der Waals surface area contributed by atoms with E-state index in [2.05, 4.69) is 54.5 Å². The van der Waals surface area contributed by atoms with Crippen LogP contribution in [0.15, 0.2) is 22.8 Å². The first-order chi connectivity index (χ1) is 14.9. The van der Waals surface area contributed by atoms with Crippen LogP contribution in [0.2, 0.25) is 0 Å². The first-order valence-electron chi connectivity index (χ1n) is 13.6. The lowest BCUT2D eigenvalue weighted by Crippen LogP contribution is -2.56. The average molecular weight is 443 g/mol. The Bertz CT molecular complexity index is 787. The maximum atomic E-state index is 11.0. The van der Waals surface area contributed by atoms with Crippen LogP contribution in [0.1, 0.15) is 113 Å². The molecule has 32 heavy (non-hydrogen) atoms. The van der Waals surface area contributed by atoms with Gasteiger partial charge in [0, 0.05) is 5.41 Å². The molecule has 2 nitrogen and oxygen atoms in total. The lowest BCUT2D eigenvalue weighted by atomic mass is 9.43. The molecule has 0 radical (unpaired) electrons. The lowest BCUT2D eigenvalue weighted by Gasteiger charge is -2.62. The Morgan fingerprint density at radius 3 is 2.38 bits per heavy atom. The topological polar surface area (TPSA) is 40.5 Å². The van der Waals surface area contributed by atoms with Crippen LogP contribution in [0.5, 0.6) is 0 Å². The molecule has 7 atom stereocenters. The van der Waals surface area contributed by atoms with E-state index < -0.39 is 0 Å². The molecule has 0 aromatic heterocycles. The molecule has 2 saturated carbocycles. The summed E-state index contributed by atoms with van der Waals surface area (Å²) < 4.78 is 0. The van der Waals surface area contributed by atoms with E-state index >= 15 is 0 Å². The summed E-state index contributed by atoms with van der Waals surface area (Å²) in [6.07, 6.45) is 13.9. The molecule has 0 amide bonds. The summed E-state index contributed by atoms with van der Waals surface area (Å²) in [5.41, 5.74) is 5.19. The molecule has 4 aliphatic rings. The number of rotatable bonds is 5. The highest BCUT2D eigenvalue weighted by molar-refractivity contribution is 5.39. The van der Waals surface area contributed by atoms with Crippen molar-refractivity contribution in [2.45, 2.75) is 119 Å². The number of hydrogen-bond acceptors (Lipinski definition) is 2. The van der Waals surface area contributed by atoms with Crippen LogP contribution in [0.4, 0.5) is 0 Å². The van der Waals surface area contributed by atoms with E-state index in [1.165, 1.54) is 50.5 Å². The van der Waals surface area contributed by atoms with Crippen LogP contribution in [0, 0.1) is 39.4 Å². The molecule has 0 aromatic rings. The summed E-state index contributed by atoms with van der Waals surface area (Å²) in [4.78, 5) is 0. The zero-order chi connectivity index (χ0) is 23.5. The minimum absolute atomic E-state index is 0.00971. The van der Waals surface area contributed by atoms with Gasteiger partial charge in [0.1, 0.15) is 0 Å². The minimum atomic E-state index is -0.180. The molecule has 0 saturated heterocycles. The van der Waals surface area contributed by atoms with E-state index in [1.54, 1.807) is 11.1 Å². The van der Waals surface area contributed by atoms with Gasteiger partial charge >= 0.3 is 0 Å². The van der Waals surface area contributed by atoms with E-state index in [1.807, 2.05) is 0 Å². The second-order valence-electron chi connectivity index (χ2n) is 13.5. The third-order valence-electron chi connectivity index (χ3n) is 11.6. The van der Waals surface area contributed by atoms with Gasteiger partial charge in [0.2, 0.25) is 0 Å². The van der Waals surface area contributed by atoms with E-state index in [9.17, 15) is 10.2 Å². The van der Waals surface area contributed by atoms with Gasteiger partial charge in [0.25, 0.3) is 0 Å². The molecule has 0 heterocycles. The molecule has 2 fully saturated rings. The molecule has 4 rings (SSSR count). The number of aliphatic hydroxyl groups excluding tert-OH is 2. The van der Waals surface area contributed by atoms with E-state index in [-0.39, 0.29) is 27.8 Å². The fourth-order valence-electron chi connectivity index (χ4n) is 9.61. The predicted molar refractivity (Wildman–Crippen MR) is 134 cm³/mol. The number of hydrogen-bond donors (Lipinski definition) is 2. The van der Waals surface area contributed by atoms with Gasteiger partial charge in [-0.2, -0.15) is 0 Å². The van der Waals surface area contributed by atoms with Gasteiger partial charge in [-0.25, -0.2) is 0 Å². The van der Waals surface area contributed by atoms with Gasteiger partial charge in [-0.3, -0.25) is 0 Å². The zero-order valence-electron chi connectivity index (χ0n) is 22.1. The van der Waals surface area contributed by atoms with Crippen molar-refractivity contribution in [3.8, 4) is 0 Å². The maximum Gasteiger partial charge on any atom is 0.0594 e. The summed E-state index contributed by atoms with van der Waals surface area (Å²) >= 11 is 0. The average Bonchev–Trinajstić information content (AvgIpc) is 3.04. The highest BCUT2D eigenvalue weighted by atomic mass is 16.3. The normalized spacial score (nSPS) is 43.8. The van der Waals surface area contributed by atoms with Gasteiger partial charge < -0.3 is 10.2 Å². The van der Waals surface area contributed by atoms with Crippen molar-refractivity contribution in [2.24, 2.45) is 39.4 Å². The maximum absolute atomic E-state index is 11.0. The molecular formula is C30H50O2. The van der Waals surface area contributed by atoms with Gasteiger partial charge in [-0.1, -0.05) is 57.4 Å². The molecule has 0 bridgehead atoms. The molecule has 2 N–H and O–H groups in total.